The van der Waals surface area contributed by atoms with Crippen LogP contribution in [0.25, 0.3) is 22.3 Å². The van der Waals surface area contributed by atoms with Gasteiger partial charge >= 0.3 is 5.97 Å². The van der Waals surface area contributed by atoms with Gasteiger partial charge < -0.3 is 14.2 Å². The summed E-state index contributed by atoms with van der Waals surface area (Å²) in [6, 6.07) is 33.6. The summed E-state index contributed by atoms with van der Waals surface area (Å²) in [7, 11) is 0. The fraction of sp³-hybridized carbons (Fsp3) is 0.366. The lowest BCUT2D eigenvalue weighted by molar-refractivity contribution is 0.0497. The number of alkyl halides is 1. The van der Waals surface area contributed by atoms with E-state index in [1.54, 1.807) is 0 Å². The molecule has 0 radical (unpaired) electrons. The zero-order chi connectivity index (χ0) is 32.9. The molecular weight excluding hydrogens is 650 g/mol. The number of nitrogens with zero attached hydrogens (tertiary/aromatic N) is 1. The molecule has 0 bridgehead atoms. The van der Waals surface area contributed by atoms with Crippen LogP contribution >= 0.6 is 15.9 Å². The van der Waals surface area contributed by atoms with Crippen LogP contribution in [0, 0.1) is 11.3 Å². The molecular formula is C41H46BrNO4. The smallest absolute Gasteiger partial charge is 0.338 e. The van der Waals surface area contributed by atoms with Crippen LogP contribution in [-0.4, -0.2) is 31.1 Å². The van der Waals surface area contributed by atoms with Crippen LogP contribution in [-0.2, 0) is 4.74 Å². The van der Waals surface area contributed by atoms with Crippen molar-refractivity contribution in [2.75, 3.05) is 25.2 Å². The third kappa shape index (κ3) is 12.9. The van der Waals surface area contributed by atoms with E-state index in [-0.39, 0.29) is 5.97 Å². The van der Waals surface area contributed by atoms with Gasteiger partial charge in [0.25, 0.3) is 0 Å². The first-order valence-corrected chi connectivity index (χ1v) is 18.1. The first kappa shape index (κ1) is 35.8. The second-order valence-corrected chi connectivity index (χ2v) is 12.5. The number of nitriles is 1. The lowest BCUT2D eigenvalue weighted by Crippen LogP contribution is -2.06. The molecule has 0 saturated carbocycles. The quantitative estimate of drug-likeness (QED) is 0.0493. The van der Waals surface area contributed by atoms with E-state index in [0.717, 1.165) is 84.4 Å². The zero-order valence-corrected chi connectivity index (χ0v) is 28.9. The Kier molecular flexibility index (Phi) is 15.9. The van der Waals surface area contributed by atoms with Gasteiger partial charge in [-0.05, 0) is 96.5 Å². The van der Waals surface area contributed by atoms with Crippen LogP contribution in [0.5, 0.6) is 11.5 Å². The van der Waals surface area contributed by atoms with E-state index in [4.69, 9.17) is 19.5 Å². The molecule has 0 aromatic heterocycles. The molecule has 4 rings (SSSR count). The van der Waals surface area contributed by atoms with Gasteiger partial charge in [-0.3, -0.25) is 0 Å². The number of carbonyl (C=O) groups is 1. The van der Waals surface area contributed by atoms with Crippen molar-refractivity contribution < 1.29 is 19.0 Å². The predicted octanol–water partition coefficient (Wildman–Crippen LogP) is 11.2. The van der Waals surface area contributed by atoms with E-state index in [1.165, 1.54) is 38.5 Å². The molecule has 6 heteroatoms. The molecule has 0 unspecified atom stereocenters. The number of hydrogen-bond donors (Lipinski definition) is 0. The fourth-order valence-corrected chi connectivity index (χ4v) is 5.69. The number of rotatable bonds is 21. The van der Waals surface area contributed by atoms with E-state index in [2.05, 4.69) is 34.1 Å². The van der Waals surface area contributed by atoms with Crippen LogP contribution in [0.1, 0.15) is 86.6 Å². The molecule has 0 spiro atoms. The van der Waals surface area contributed by atoms with Gasteiger partial charge in [0.15, 0.2) is 0 Å². The highest BCUT2D eigenvalue weighted by atomic mass is 79.9. The number of carbonyl (C=O) groups excluding carboxylic acids is 1. The second-order valence-electron chi connectivity index (χ2n) is 11.7. The lowest BCUT2D eigenvalue weighted by atomic mass is 10.0. The van der Waals surface area contributed by atoms with Gasteiger partial charge in [0, 0.05) is 5.33 Å². The zero-order valence-electron chi connectivity index (χ0n) is 27.3. The molecule has 0 aliphatic heterocycles. The van der Waals surface area contributed by atoms with Crippen LogP contribution in [0.4, 0.5) is 0 Å². The molecule has 0 amide bonds. The first-order chi connectivity index (χ1) is 23.2. The highest BCUT2D eigenvalue weighted by Crippen LogP contribution is 2.25. The molecule has 0 atom stereocenters. The van der Waals surface area contributed by atoms with Crippen molar-refractivity contribution in [3.05, 3.63) is 108 Å². The molecule has 0 N–H and O–H groups in total. The molecule has 0 saturated heterocycles. The molecule has 0 heterocycles. The Balaban J connectivity index is 0.976. The summed E-state index contributed by atoms with van der Waals surface area (Å²) in [6.07, 6.45) is 12.5. The van der Waals surface area contributed by atoms with Gasteiger partial charge in [-0.25, -0.2) is 4.79 Å². The summed E-state index contributed by atoms with van der Waals surface area (Å²) < 4.78 is 17.2. The molecule has 5 nitrogen and oxygen atoms in total. The number of esters is 1. The van der Waals surface area contributed by atoms with E-state index in [0.29, 0.717) is 17.7 Å². The Morgan fingerprint density at radius 2 is 0.894 bits per heavy atom. The van der Waals surface area contributed by atoms with Gasteiger partial charge in [0.1, 0.15) is 11.5 Å². The van der Waals surface area contributed by atoms with Gasteiger partial charge in [-0.1, -0.05) is 109 Å². The van der Waals surface area contributed by atoms with Crippen LogP contribution in [0.15, 0.2) is 97.1 Å². The summed E-state index contributed by atoms with van der Waals surface area (Å²) in [5.41, 5.74) is 5.62. The van der Waals surface area contributed by atoms with Gasteiger partial charge in [0.05, 0.1) is 37.0 Å². The van der Waals surface area contributed by atoms with Crippen molar-refractivity contribution in [3.8, 4) is 39.8 Å². The Labute approximate surface area is 289 Å². The van der Waals surface area contributed by atoms with E-state index in [1.807, 2.05) is 84.9 Å². The van der Waals surface area contributed by atoms with Crippen molar-refractivity contribution in [1.29, 1.82) is 5.26 Å². The summed E-state index contributed by atoms with van der Waals surface area (Å²) in [5, 5.41) is 9.96. The second kappa shape index (κ2) is 20.9. The summed E-state index contributed by atoms with van der Waals surface area (Å²) in [5.74, 6) is 1.52. The lowest BCUT2D eigenvalue weighted by Gasteiger charge is -2.08. The molecule has 47 heavy (non-hydrogen) atoms. The highest BCUT2D eigenvalue weighted by Gasteiger charge is 2.08. The minimum Gasteiger partial charge on any atom is -0.494 e. The van der Waals surface area contributed by atoms with Crippen LogP contribution in [0.2, 0.25) is 0 Å². The van der Waals surface area contributed by atoms with Crippen molar-refractivity contribution in [3.63, 3.8) is 0 Å². The average Bonchev–Trinajstić information content (AvgIpc) is 3.12. The summed E-state index contributed by atoms with van der Waals surface area (Å²) in [6.45, 7) is 1.93. The van der Waals surface area contributed by atoms with Crippen molar-refractivity contribution in [2.45, 2.75) is 70.6 Å². The van der Waals surface area contributed by atoms with E-state index >= 15 is 0 Å². The minimum atomic E-state index is -0.257. The van der Waals surface area contributed by atoms with Crippen LogP contribution < -0.4 is 9.47 Å². The van der Waals surface area contributed by atoms with Gasteiger partial charge in [-0.15, -0.1) is 0 Å². The number of hydrogen-bond acceptors (Lipinski definition) is 5. The fourth-order valence-electron chi connectivity index (χ4n) is 5.29. The average molecular weight is 697 g/mol. The standard InChI is InChI=1S/C41H46BrNO4/c42-28-8-11-30-46-40-26-22-37(23-27-40)35-16-18-38(19-17-35)41(44)47-31-10-7-5-3-1-2-4-6-9-29-45-39-24-20-36(21-25-39)34-14-12-33(32-43)13-15-34/h12-27H,1-11,28-31H2. The van der Waals surface area contributed by atoms with Gasteiger partial charge in [-0.2, -0.15) is 5.26 Å². The van der Waals surface area contributed by atoms with Crippen LogP contribution in [0.3, 0.4) is 0 Å². The van der Waals surface area contributed by atoms with Gasteiger partial charge in [0.2, 0.25) is 0 Å². The number of ether oxygens (including phenoxy) is 3. The summed E-state index contributed by atoms with van der Waals surface area (Å²) >= 11 is 3.44. The molecule has 0 fully saturated rings. The third-order valence-corrected chi connectivity index (χ3v) is 8.66. The maximum atomic E-state index is 12.5. The van der Waals surface area contributed by atoms with Crippen molar-refractivity contribution >= 4 is 21.9 Å². The third-order valence-electron chi connectivity index (χ3n) is 8.10. The summed E-state index contributed by atoms with van der Waals surface area (Å²) in [4.78, 5) is 12.5. The Morgan fingerprint density at radius 1 is 0.511 bits per heavy atom. The largest absolute Gasteiger partial charge is 0.494 e. The molecule has 4 aromatic carbocycles. The minimum absolute atomic E-state index is 0.257. The SMILES string of the molecule is N#Cc1ccc(-c2ccc(OCCCCCCCCCCCOC(=O)c3ccc(-c4ccc(OCCCCBr)cc4)cc3)cc2)cc1. The van der Waals surface area contributed by atoms with E-state index < -0.39 is 0 Å². The predicted molar refractivity (Wildman–Crippen MR) is 194 cm³/mol. The molecule has 4 aromatic rings. The van der Waals surface area contributed by atoms with Crippen molar-refractivity contribution in [2.24, 2.45) is 0 Å². The Hall–Kier alpha value is -4.08. The highest BCUT2D eigenvalue weighted by molar-refractivity contribution is 9.09. The monoisotopic (exact) mass is 695 g/mol. The molecule has 246 valence electrons. The number of halogens is 1. The topological polar surface area (TPSA) is 68.5 Å². The van der Waals surface area contributed by atoms with Crippen molar-refractivity contribution in [1.82, 2.24) is 0 Å². The molecule has 0 aliphatic carbocycles. The Bertz CT molecular complexity index is 1490. The first-order valence-electron chi connectivity index (χ1n) is 17.0. The normalized spacial score (nSPS) is 10.7. The number of benzene rings is 4. The molecule has 0 aliphatic rings. The number of unbranched alkanes of at least 4 members (excludes halogenated alkanes) is 9. The maximum Gasteiger partial charge on any atom is 0.338 e. The van der Waals surface area contributed by atoms with E-state index in [9.17, 15) is 4.79 Å². The Morgan fingerprint density at radius 3 is 1.34 bits per heavy atom. The maximum absolute atomic E-state index is 12.5.